The number of aryl methyl sites for hydroxylation is 1. The van der Waals surface area contributed by atoms with E-state index in [9.17, 15) is 26.3 Å². The number of rotatable bonds is 0. The van der Waals surface area contributed by atoms with E-state index in [0.29, 0.717) is 6.07 Å². The van der Waals surface area contributed by atoms with Crippen LogP contribution in [0.15, 0.2) is 12.1 Å². The Bertz CT molecular complexity index is 593. The molecule has 0 aliphatic rings. The molecule has 0 amide bonds. The Morgan fingerprint density at radius 2 is 1.61 bits per heavy atom. The fraction of sp³-hybridized carbons (Fsp3) is 0.300. The van der Waals surface area contributed by atoms with Crippen LogP contribution in [0.3, 0.4) is 0 Å². The van der Waals surface area contributed by atoms with Gasteiger partial charge >= 0.3 is 12.4 Å². The highest BCUT2D eigenvalue weighted by molar-refractivity contribution is 5.80. The molecule has 0 unspecified atom stereocenters. The average Bonchev–Trinajstić information content (AvgIpc) is 2.52. The molecular formula is C10H6F6N2. The van der Waals surface area contributed by atoms with Gasteiger partial charge in [0.15, 0.2) is 0 Å². The van der Waals surface area contributed by atoms with Crippen LogP contribution in [0, 0.1) is 6.92 Å². The van der Waals surface area contributed by atoms with Crippen LogP contribution in [0.1, 0.15) is 17.0 Å². The molecule has 1 N–H and O–H groups in total. The van der Waals surface area contributed by atoms with Crippen molar-refractivity contribution in [1.82, 2.24) is 9.97 Å². The number of nitrogens with zero attached hydrogens (tertiary/aromatic N) is 1. The zero-order chi connectivity index (χ0) is 13.7. The standard InChI is InChI=1S/C10H6F6N2/c1-4-17-7-3-5(9(11,12)13)2-6(8(7)18-4)10(14,15)16/h2-3H,1H3,(H,17,18). The van der Waals surface area contributed by atoms with E-state index in [1.54, 1.807) is 0 Å². The molecule has 0 saturated carbocycles. The van der Waals surface area contributed by atoms with Crippen molar-refractivity contribution < 1.29 is 26.3 Å². The SMILES string of the molecule is Cc1nc2c(C(F)(F)F)cc(C(F)(F)F)cc2[nH]1. The van der Waals surface area contributed by atoms with Crippen LogP contribution < -0.4 is 0 Å². The molecule has 0 aliphatic heterocycles. The first-order valence-corrected chi connectivity index (χ1v) is 4.74. The Balaban J connectivity index is 2.81. The molecule has 0 radical (unpaired) electrons. The summed E-state index contributed by atoms with van der Waals surface area (Å²) in [6.45, 7) is 1.37. The van der Waals surface area contributed by atoms with Crippen molar-refractivity contribution in [3.8, 4) is 0 Å². The molecule has 0 fully saturated rings. The molecule has 8 heteroatoms. The fourth-order valence-electron chi connectivity index (χ4n) is 1.62. The smallest absolute Gasteiger partial charge is 0.342 e. The van der Waals surface area contributed by atoms with Gasteiger partial charge in [0, 0.05) is 0 Å². The minimum Gasteiger partial charge on any atom is -0.342 e. The van der Waals surface area contributed by atoms with Gasteiger partial charge in [0.25, 0.3) is 0 Å². The molecule has 0 aliphatic carbocycles. The monoisotopic (exact) mass is 268 g/mol. The second-order valence-electron chi connectivity index (χ2n) is 3.74. The highest BCUT2D eigenvalue weighted by atomic mass is 19.4. The van der Waals surface area contributed by atoms with Crippen molar-refractivity contribution >= 4 is 11.0 Å². The van der Waals surface area contributed by atoms with Crippen LogP contribution in [-0.4, -0.2) is 9.97 Å². The maximum Gasteiger partial charge on any atom is 0.418 e. The summed E-state index contributed by atoms with van der Waals surface area (Å²) >= 11 is 0. The number of alkyl halides is 6. The number of imidazole rings is 1. The normalized spacial score (nSPS) is 13.3. The number of benzene rings is 1. The van der Waals surface area contributed by atoms with Crippen molar-refractivity contribution in [3.63, 3.8) is 0 Å². The number of aromatic nitrogens is 2. The Labute approximate surface area is 96.6 Å². The number of aromatic amines is 1. The van der Waals surface area contributed by atoms with Crippen molar-refractivity contribution in [2.45, 2.75) is 19.3 Å². The largest absolute Gasteiger partial charge is 0.418 e. The molecule has 2 nitrogen and oxygen atoms in total. The van der Waals surface area contributed by atoms with E-state index in [4.69, 9.17) is 0 Å². The lowest BCUT2D eigenvalue weighted by atomic mass is 10.1. The number of nitrogens with one attached hydrogen (secondary N) is 1. The van der Waals surface area contributed by atoms with E-state index in [2.05, 4.69) is 9.97 Å². The topological polar surface area (TPSA) is 28.7 Å². The first-order valence-electron chi connectivity index (χ1n) is 4.74. The van der Waals surface area contributed by atoms with Gasteiger partial charge in [0.1, 0.15) is 11.3 Å². The van der Waals surface area contributed by atoms with Crippen LogP contribution in [0.25, 0.3) is 11.0 Å². The maximum absolute atomic E-state index is 12.7. The highest BCUT2D eigenvalue weighted by Gasteiger charge is 2.38. The molecule has 0 atom stereocenters. The minimum atomic E-state index is -4.89. The molecule has 2 rings (SSSR count). The summed E-state index contributed by atoms with van der Waals surface area (Å²) in [5, 5.41) is 0. The van der Waals surface area contributed by atoms with Gasteiger partial charge in [0.2, 0.25) is 0 Å². The van der Waals surface area contributed by atoms with E-state index in [-0.39, 0.29) is 17.4 Å². The predicted octanol–water partition coefficient (Wildman–Crippen LogP) is 3.91. The van der Waals surface area contributed by atoms with Crippen molar-refractivity contribution in [2.24, 2.45) is 0 Å². The summed E-state index contributed by atoms with van der Waals surface area (Å²) < 4.78 is 75.5. The fourth-order valence-corrected chi connectivity index (χ4v) is 1.62. The third-order valence-corrected chi connectivity index (χ3v) is 2.34. The van der Waals surface area contributed by atoms with E-state index in [0.717, 1.165) is 0 Å². The van der Waals surface area contributed by atoms with Crippen molar-refractivity contribution in [3.05, 3.63) is 29.1 Å². The Hall–Kier alpha value is -1.73. The second-order valence-corrected chi connectivity index (χ2v) is 3.74. The average molecular weight is 268 g/mol. The highest BCUT2D eigenvalue weighted by Crippen LogP contribution is 2.39. The Morgan fingerprint density at radius 1 is 1.00 bits per heavy atom. The molecular weight excluding hydrogens is 262 g/mol. The van der Waals surface area contributed by atoms with Gasteiger partial charge in [-0.2, -0.15) is 26.3 Å². The predicted molar refractivity (Wildman–Crippen MR) is 50.8 cm³/mol. The van der Waals surface area contributed by atoms with Crippen molar-refractivity contribution in [1.29, 1.82) is 0 Å². The van der Waals surface area contributed by atoms with Gasteiger partial charge in [-0.3, -0.25) is 0 Å². The second kappa shape index (κ2) is 3.63. The van der Waals surface area contributed by atoms with Gasteiger partial charge in [-0.25, -0.2) is 4.98 Å². The number of hydrogen-bond donors (Lipinski definition) is 1. The Kier molecular flexibility index (Phi) is 2.56. The van der Waals surface area contributed by atoms with E-state index in [1.165, 1.54) is 6.92 Å². The summed E-state index contributed by atoms with van der Waals surface area (Å²) in [6.07, 6.45) is -9.73. The number of hydrogen-bond acceptors (Lipinski definition) is 1. The van der Waals surface area contributed by atoms with Crippen LogP contribution in [0.4, 0.5) is 26.3 Å². The first-order chi connectivity index (χ1) is 8.09. The summed E-state index contributed by atoms with van der Waals surface area (Å²) in [7, 11) is 0. The third-order valence-electron chi connectivity index (χ3n) is 2.34. The van der Waals surface area contributed by atoms with Crippen LogP contribution in [-0.2, 0) is 12.4 Å². The Morgan fingerprint density at radius 3 is 2.11 bits per heavy atom. The zero-order valence-electron chi connectivity index (χ0n) is 8.87. The van der Waals surface area contributed by atoms with E-state index in [1.807, 2.05) is 0 Å². The number of fused-ring (bicyclic) bond motifs is 1. The molecule has 1 heterocycles. The number of H-pyrrole nitrogens is 1. The maximum atomic E-state index is 12.7. The van der Waals surface area contributed by atoms with Gasteiger partial charge in [-0.1, -0.05) is 0 Å². The van der Waals surface area contributed by atoms with Gasteiger partial charge in [-0.15, -0.1) is 0 Å². The van der Waals surface area contributed by atoms with Crippen LogP contribution in [0.2, 0.25) is 0 Å². The lowest BCUT2D eigenvalue weighted by Gasteiger charge is -2.11. The van der Waals surface area contributed by atoms with Crippen molar-refractivity contribution in [2.75, 3.05) is 0 Å². The van der Waals surface area contributed by atoms with Gasteiger partial charge < -0.3 is 4.98 Å². The minimum absolute atomic E-state index is 0.0720. The molecule has 1 aromatic heterocycles. The molecule has 1 aromatic carbocycles. The summed E-state index contributed by atoms with van der Waals surface area (Å²) in [5.41, 5.74) is -3.54. The van der Waals surface area contributed by atoms with Gasteiger partial charge in [-0.05, 0) is 19.1 Å². The van der Waals surface area contributed by atoms with Gasteiger partial charge in [0.05, 0.1) is 16.6 Å². The third kappa shape index (κ3) is 2.14. The van der Waals surface area contributed by atoms with Crippen LogP contribution in [0.5, 0.6) is 0 Å². The zero-order valence-corrected chi connectivity index (χ0v) is 8.87. The van der Waals surface area contributed by atoms with Crippen LogP contribution >= 0.6 is 0 Å². The number of halogens is 6. The van der Waals surface area contributed by atoms with E-state index < -0.39 is 29.0 Å². The molecule has 2 aromatic rings. The molecule has 0 bridgehead atoms. The van der Waals surface area contributed by atoms with E-state index >= 15 is 0 Å². The summed E-state index contributed by atoms with van der Waals surface area (Å²) in [6, 6.07) is 0.688. The summed E-state index contributed by atoms with van der Waals surface area (Å²) in [4.78, 5) is 5.93. The molecule has 98 valence electrons. The molecule has 0 saturated heterocycles. The quantitative estimate of drug-likeness (QED) is 0.721. The molecule has 0 spiro atoms. The first kappa shape index (κ1) is 12.7. The lowest BCUT2D eigenvalue weighted by molar-refractivity contribution is -0.142. The summed E-state index contributed by atoms with van der Waals surface area (Å²) in [5.74, 6) is 0.120. The lowest BCUT2D eigenvalue weighted by Crippen LogP contribution is -2.11. The molecule has 18 heavy (non-hydrogen) atoms.